The van der Waals surface area contributed by atoms with Crippen LogP contribution in [0.25, 0.3) is 0 Å². The summed E-state index contributed by atoms with van der Waals surface area (Å²) < 4.78 is 0. The summed E-state index contributed by atoms with van der Waals surface area (Å²) in [5.41, 5.74) is 6.16. The van der Waals surface area contributed by atoms with E-state index in [9.17, 15) is 5.11 Å². The van der Waals surface area contributed by atoms with Crippen molar-refractivity contribution in [1.29, 1.82) is 0 Å². The summed E-state index contributed by atoms with van der Waals surface area (Å²) in [5.74, 6) is 0. The highest BCUT2D eigenvalue weighted by Crippen LogP contribution is 2.31. The van der Waals surface area contributed by atoms with E-state index in [1.807, 2.05) is 42.5 Å². The number of rotatable bonds is 4. The van der Waals surface area contributed by atoms with E-state index in [2.05, 4.69) is 0 Å². The quantitative estimate of drug-likeness (QED) is 0.908. The van der Waals surface area contributed by atoms with Crippen molar-refractivity contribution in [3.8, 4) is 0 Å². The molecule has 0 saturated carbocycles. The third-order valence-corrected chi connectivity index (χ3v) is 4.02. The molecule has 0 bridgehead atoms. The van der Waals surface area contributed by atoms with E-state index in [4.69, 9.17) is 28.9 Å². The highest BCUT2D eigenvalue weighted by atomic mass is 35.5. The molecule has 3 N–H and O–H groups in total. The van der Waals surface area contributed by atoms with Gasteiger partial charge in [-0.3, -0.25) is 0 Å². The topological polar surface area (TPSA) is 46.2 Å². The molecule has 1 atom stereocenters. The lowest BCUT2D eigenvalue weighted by atomic mass is 9.87. The lowest BCUT2D eigenvalue weighted by molar-refractivity contribution is 0.0463. The smallest absolute Gasteiger partial charge is 0.106 e. The number of aliphatic hydroxyl groups is 1. The van der Waals surface area contributed by atoms with Crippen molar-refractivity contribution in [1.82, 2.24) is 0 Å². The van der Waals surface area contributed by atoms with Crippen molar-refractivity contribution < 1.29 is 5.11 Å². The second-order valence-electron chi connectivity index (χ2n) is 4.49. The van der Waals surface area contributed by atoms with Gasteiger partial charge in [0.2, 0.25) is 0 Å². The average Bonchev–Trinajstić information content (AvgIpc) is 2.45. The number of nitrogens with two attached hydrogens (primary N) is 1. The molecule has 2 aromatic carbocycles. The molecule has 2 aromatic rings. The first-order valence-corrected chi connectivity index (χ1v) is 6.73. The molecule has 4 heteroatoms. The van der Waals surface area contributed by atoms with Crippen molar-refractivity contribution >= 4 is 23.2 Å². The normalized spacial score (nSPS) is 14.1. The standard InChI is InChI=1S/C15H15Cl2NO/c16-13-8-4-5-11(14(13)17)9-15(19,10-18)12-6-2-1-3-7-12/h1-8,19H,9-10,18H2. The predicted molar refractivity (Wildman–Crippen MR) is 79.6 cm³/mol. The number of halogens is 2. The molecule has 2 rings (SSSR count). The molecule has 0 fully saturated rings. The van der Waals surface area contributed by atoms with Crippen LogP contribution in [0.1, 0.15) is 11.1 Å². The summed E-state index contributed by atoms with van der Waals surface area (Å²) >= 11 is 12.1. The summed E-state index contributed by atoms with van der Waals surface area (Å²) in [6.45, 7) is 0.111. The van der Waals surface area contributed by atoms with Crippen LogP contribution in [0.2, 0.25) is 10.0 Å². The molecule has 0 radical (unpaired) electrons. The van der Waals surface area contributed by atoms with E-state index in [-0.39, 0.29) is 6.54 Å². The highest BCUT2D eigenvalue weighted by molar-refractivity contribution is 6.42. The largest absolute Gasteiger partial charge is 0.383 e. The van der Waals surface area contributed by atoms with Gasteiger partial charge in [-0.15, -0.1) is 0 Å². The molecule has 0 amide bonds. The predicted octanol–water partition coefficient (Wildman–Crippen LogP) is 3.38. The second-order valence-corrected chi connectivity index (χ2v) is 5.28. The van der Waals surface area contributed by atoms with Crippen LogP contribution >= 0.6 is 23.2 Å². The molecule has 1 unspecified atom stereocenters. The first kappa shape index (κ1) is 14.4. The molecular weight excluding hydrogens is 281 g/mol. The fourth-order valence-electron chi connectivity index (χ4n) is 2.04. The van der Waals surface area contributed by atoms with E-state index in [1.165, 1.54) is 0 Å². The summed E-state index contributed by atoms with van der Waals surface area (Å²) in [6, 6.07) is 14.7. The van der Waals surface area contributed by atoms with E-state index < -0.39 is 5.60 Å². The SMILES string of the molecule is NCC(O)(Cc1cccc(Cl)c1Cl)c1ccccc1. The molecule has 0 aliphatic heterocycles. The molecule has 2 nitrogen and oxygen atoms in total. The molecular formula is C15H15Cl2NO. The maximum atomic E-state index is 10.7. The van der Waals surface area contributed by atoms with Gasteiger partial charge in [0.05, 0.1) is 10.0 Å². The Morgan fingerprint density at radius 2 is 1.68 bits per heavy atom. The number of hydrogen-bond donors (Lipinski definition) is 2. The zero-order valence-electron chi connectivity index (χ0n) is 10.3. The Hall–Kier alpha value is -1.06. The molecule has 100 valence electrons. The summed E-state index contributed by atoms with van der Waals surface area (Å²) in [4.78, 5) is 0. The Morgan fingerprint density at radius 1 is 1.00 bits per heavy atom. The van der Waals surface area contributed by atoms with Crippen molar-refractivity contribution in [3.05, 3.63) is 69.7 Å². The van der Waals surface area contributed by atoms with E-state index in [1.54, 1.807) is 6.07 Å². The van der Waals surface area contributed by atoms with Gasteiger partial charge in [0.1, 0.15) is 5.60 Å². The van der Waals surface area contributed by atoms with Gasteiger partial charge < -0.3 is 10.8 Å². The molecule has 0 spiro atoms. The fraction of sp³-hybridized carbons (Fsp3) is 0.200. The van der Waals surface area contributed by atoms with Gasteiger partial charge in [0, 0.05) is 13.0 Å². The van der Waals surface area contributed by atoms with E-state index >= 15 is 0 Å². The number of hydrogen-bond acceptors (Lipinski definition) is 2. The Labute approximate surface area is 122 Å². The van der Waals surface area contributed by atoms with E-state index in [0.29, 0.717) is 16.5 Å². The first-order chi connectivity index (χ1) is 9.07. The molecule has 0 heterocycles. The minimum atomic E-state index is -1.14. The van der Waals surface area contributed by atoms with Crippen LogP contribution in [0, 0.1) is 0 Å². The first-order valence-electron chi connectivity index (χ1n) is 5.98. The average molecular weight is 296 g/mol. The molecule has 0 saturated heterocycles. The molecule has 0 aliphatic carbocycles. The summed E-state index contributed by atoms with van der Waals surface area (Å²) in [5, 5.41) is 11.7. The maximum absolute atomic E-state index is 10.7. The van der Waals surface area contributed by atoms with Gasteiger partial charge in [-0.2, -0.15) is 0 Å². The second kappa shape index (κ2) is 5.93. The Morgan fingerprint density at radius 3 is 2.32 bits per heavy atom. The minimum Gasteiger partial charge on any atom is -0.383 e. The monoisotopic (exact) mass is 295 g/mol. The fourth-order valence-corrected chi connectivity index (χ4v) is 2.43. The van der Waals surface area contributed by atoms with Crippen LogP contribution in [-0.4, -0.2) is 11.7 Å². The zero-order valence-corrected chi connectivity index (χ0v) is 11.8. The van der Waals surface area contributed by atoms with Crippen LogP contribution in [-0.2, 0) is 12.0 Å². The van der Waals surface area contributed by atoms with Crippen molar-refractivity contribution in [2.24, 2.45) is 5.73 Å². The molecule has 0 aromatic heterocycles. The lowest BCUT2D eigenvalue weighted by Gasteiger charge is -2.27. The number of benzene rings is 2. The maximum Gasteiger partial charge on any atom is 0.106 e. The zero-order chi connectivity index (χ0) is 13.9. The van der Waals surface area contributed by atoms with Gasteiger partial charge in [-0.25, -0.2) is 0 Å². The van der Waals surface area contributed by atoms with Gasteiger partial charge >= 0.3 is 0 Å². The molecule has 0 aliphatic rings. The van der Waals surface area contributed by atoms with Gasteiger partial charge in [0.15, 0.2) is 0 Å². The van der Waals surface area contributed by atoms with Crippen molar-refractivity contribution in [2.45, 2.75) is 12.0 Å². The van der Waals surface area contributed by atoms with Crippen LogP contribution in [0.3, 0.4) is 0 Å². The third-order valence-electron chi connectivity index (χ3n) is 3.16. The Kier molecular flexibility index (Phi) is 4.48. The summed E-state index contributed by atoms with van der Waals surface area (Å²) in [7, 11) is 0. The van der Waals surface area contributed by atoms with Crippen molar-refractivity contribution in [2.75, 3.05) is 6.54 Å². The van der Waals surface area contributed by atoms with Crippen LogP contribution in [0.15, 0.2) is 48.5 Å². The third kappa shape index (κ3) is 3.10. The highest BCUT2D eigenvalue weighted by Gasteiger charge is 2.28. The molecule has 19 heavy (non-hydrogen) atoms. The van der Waals surface area contributed by atoms with Gasteiger partial charge in [-0.05, 0) is 17.2 Å². The Bertz CT molecular complexity index is 559. The van der Waals surface area contributed by atoms with Crippen LogP contribution < -0.4 is 5.73 Å². The minimum absolute atomic E-state index is 0.111. The van der Waals surface area contributed by atoms with Crippen LogP contribution in [0.5, 0.6) is 0 Å². The van der Waals surface area contributed by atoms with Gasteiger partial charge in [-0.1, -0.05) is 65.7 Å². The van der Waals surface area contributed by atoms with Crippen molar-refractivity contribution in [3.63, 3.8) is 0 Å². The van der Waals surface area contributed by atoms with Gasteiger partial charge in [0.25, 0.3) is 0 Å². The Balaban J connectivity index is 2.36. The summed E-state index contributed by atoms with van der Waals surface area (Å²) in [6.07, 6.45) is 0.326. The van der Waals surface area contributed by atoms with Crippen LogP contribution in [0.4, 0.5) is 0 Å². The lowest BCUT2D eigenvalue weighted by Crippen LogP contribution is -2.37. The van der Waals surface area contributed by atoms with E-state index in [0.717, 1.165) is 11.1 Å².